The van der Waals surface area contributed by atoms with Crippen molar-refractivity contribution in [3.8, 4) is 39.5 Å². The third kappa shape index (κ3) is 14.2. The van der Waals surface area contributed by atoms with Gasteiger partial charge in [0.1, 0.15) is 28.3 Å². The Kier molecular flexibility index (Phi) is 18.6. The van der Waals surface area contributed by atoms with E-state index in [1.807, 2.05) is 148 Å². The lowest BCUT2D eigenvalue weighted by Crippen LogP contribution is -2.41. The third-order valence-electron chi connectivity index (χ3n) is 16.2. The average molecular weight is 1390 g/mol. The zero-order valence-corrected chi connectivity index (χ0v) is 56.0. The van der Waals surface area contributed by atoms with Gasteiger partial charge in [0.2, 0.25) is 5.43 Å². The number of hydrogen-bond donors (Lipinski definition) is 0. The molecule has 99 heavy (non-hydrogen) atoms. The van der Waals surface area contributed by atoms with Crippen LogP contribution >= 0.6 is 0 Å². The van der Waals surface area contributed by atoms with E-state index in [1.165, 1.54) is 38.5 Å². The SMILES string of the molecule is COC(=O)c1cc(-c2ccc3c(c2)Oc2ccc([S+](c4ccccc4)c4cc(C(=O)OC)cc(-c5ccc6c(=O)c7cc([S+](c8ccccc8)c8cccc(C(=O)OCC(F)(F)C(F)(F)F)c8)ccc7oc6c5)c4)cc2C3)cc([S+](c2ccccc2)c2ccc(OC(C)(C)C)c(F)c2)c1. The molecule has 0 bridgehead atoms. The van der Waals surface area contributed by atoms with Crippen LogP contribution in [0.25, 0.3) is 44.2 Å². The monoisotopic (exact) mass is 1390 g/mol. The fourth-order valence-corrected chi connectivity index (χ4v) is 18.1. The van der Waals surface area contributed by atoms with Gasteiger partial charge in [0.05, 0.1) is 74.4 Å². The second-order valence-corrected chi connectivity index (χ2v) is 30.2. The van der Waals surface area contributed by atoms with E-state index in [9.17, 15) is 41.1 Å². The first-order valence-electron chi connectivity index (χ1n) is 31.0. The number of methoxy groups -OCH3 is 2. The zero-order valence-electron chi connectivity index (χ0n) is 53.6. The molecule has 0 N–H and O–H groups in total. The highest BCUT2D eigenvalue weighted by molar-refractivity contribution is 7.97. The molecular formula is C80H59F6O10S3+3. The minimum absolute atomic E-state index is 0.137. The molecule has 0 aliphatic carbocycles. The van der Waals surface area contributed by atoms with Crippen molar-refractivity contribution in [1.82, 2.24) is 0 Å². The van der Waals surface area contributed by atoms with Crippen molar-refractivity contribution in [3.05, 3.63) is 287 Å². The van der Waals surface area contributed by atoms with Crippen molar-refractivity contribution < 1.29 is 68.8 Å². The van der Waals surface area contributed by atoms with Gasteiger partial charge in [-0.25, -0.2) is 18.8 Å². The van der Waals surface area contributed by atoms with Crippen molar-refractivity contribution in [2.45, 2.75) is 89.0 Å². The van der Waals surface area contributed by atoms with Crippen LogP contribution in [-0.2, 0) is 53.3 Å². The van der Waals surface area contributed by atoms with Crippen molar-refractivity contribution in [3.63, 3.8) is 0 Å². The van der Waals surface area contributed by atoms with E-state index in [2.05, 4.69) is 10.8 Å². The molecule has 0 radical (unpaired) electrons. The van der Waals surface area contributed by atoms with E-state index in [1.54, 1.807) is 84.9 Å². The second-order valence-electron chi connectivity index (χ2n) is 24.1. The smallest absolute Gasteiger partial charge is 0.456 e. The predicted octanol–water partition coefficient (Wildman–Crippen LogP) is 19.5. The summed E-state index contributed by atoms with van der Waals surface area (Å²) >= 11 is 0. The van der Waals surface area contributed by atoms with Crippen LogP contribution in [0.15, 0.2) is 296 Å². The minimum Gasteiger partial charge on any atom is -0.485 e. The lowest BCUT2D eigenvalue weighted by atomic mass is 9.96. The molecule has 0 fully saturated rings. The molecule has 1 aromatic heterocycles. The maximum Gasteiger partial charge on any atom is 0.456 e. The summed E-state index contributed by atoms with van der Waals surface area (Å²) in [5.41, 5.74) is 4.49. The fraction of sp³-hybridized carbons (Fsp3) is 0.125. The van der Waals surface area contributed by atoms with Gasteiger partial charge in [-0.1, -0.05) is 78.9 Å². The normalized spacial score (nSPS) is 13.1. The predicted molar refractivity (Wildman–Crippen MR) is 370 cm³/mol. The summed E-state index contributed by atoms with van der Waals surface area (Å²) in [6.45, 7) is 3.39. The lowest BCUT2D eigenvalue weighted by Gasteiger charge is -2.22. The Morgan fingerprint density at radius 3 is 1.53 bits per heavy atom. The van der Waals surface area contributed by atoms with Gasteiger partial charge in [-0.3, -0.25) is 4.79 Å². The number of halogens is 6. The maximum atomic E-state index is 15.9. The summed E-state index contributed by atoms with van der Waals surface area (Å²) in [6.07, 6.45) is -5.41. The molecule has 19 heteroatoms. The van der Waals surface area contributed by atoms with Gasteiger partial charge in [0.25, 0.3) is 0 Å². The number of fused-ring (bicyclic) bond motifs is 4. The number of benzene rings is 11. The van der Waals surface area contributed by atoms with Crippen LogP contribution in [0.3, 0.4) is 0 Å². The summed E-state index contributed by atoms with van der Waals surface area (Å²) in [6, 6.07) is 73.0. The molecule has 10 nitrogen and oxygen atoms in total. The lowest BCUT2D eigenvalue weighted by molar-refractivity contribution is -0.292. The van der Waals surface area contributed by atoms with Crippen LogP contribution in [0.5, 0.6) is 17.2 Å². The number of carbonyl (C=O) groups is 3. The zero-order chi connectivity index (χ0) is 69.5. The minimum atomic E-state index is -5.92. The Morgan fingerprint density at radius 1 is 0.434 bits per heavy atom. The molecule has 13 rings (SSSR count). The molecule has 11 aromatic carbocycles. The van der Waals surface area contributed by atoms with Crippen LogP contribution in [0, 0.1) is 5.82 Å². The van der Waals surface area contributed by atoms with Crippen molar-refractivity contribution in [2.75, 3.05) is 20.8 Å². The quantitative estimate of drug-likeness (QED) is 0.0286. The van der Waals surface area contributed by atoms with Crippen molar-refractivity contribution in [2.24, 2.45) is 0 Å². The highest BCUT2D eigenvalue weighted by Crippen LogP contribution is 2.45. The number of rotatable bonds is 17. The molecule has 3 unspecified atom stereocenters. The summed E-state index contributed by atoms with van der Waals surface area (Å²) in [5, 5.41) is 0.484. The largest absolute Gasteiger partial charge is 0.485 e. The Labute approximate surface area is 573 Å². The molecule has 1 aliphatic rings. The van der Waals surface area contributed by atoms with Gasteiger partial charge < -0.3 is 28.1 Å². The Hall–Kier alpha value is -10.5. The number of esters is 3. The summed E-state index contributed by atoms with van der Waals surface area (Å²) in [4.78, 5) is 61.7. The summed E-state index contributed by atoms with van der Waals surface area (Å²) in [5.74, 6) is -6.81. The third-order valence-corrected chi connectivity index (χ3v) is 22.7. The van der Waals surface area contributed by atoms with Crippen molar-refractivity contribution in [1.29, 1.82) is 0 Å². The molecule has 0 saturated carbocycles. The first-order valence-corrected chi connectivity index (χ1v) is 34.7. The maximum absolute atomic E-state index is 15.9. The van der Waals surface area contributed by atoms with E-state index in [0.717, 1.165) is 51.6 Å². The van der Waals surface area contributed by atoms with E-state index >= 15 is 4.39 Å². The highest BCUT2D eigenvalue weighted by Gasteiger charge is 2.58. The van der Waals surface area contributed by atoms with E-state index in [0.29, 0.717) is 49.3 Å². The number of hydrogen-bond acceptors (Lipinski definition) is 10. The summed E-state index contributed by atoms with van der Waals surface area (Å²) < 4.78 is 117. The molecule has 12 aromatic rings. The molecule has 0 saturated heterocycles. The topological polar surface area (TPSA) is 128 Å². The van der Waals surface area contributed by atoms with E-state index < -0.39 is 80.7 Å². The van der Waals surface area contributed by atoms with Gasteiger partial charge in [0.15, 0.2) is 62.2 Å². The fourth-order valence-electron chi connectivity index (χ4n) is 11.6. The van der Waals surface area contributed by atoms with Gasteiger partial charge in [-0.15, -0.1) is 0 Å². The van der Waals surface area contributed by atoms with E-state index in [-0.39, 0.29) is 44.2 Å². The van der Waals surface area contributed by atoms with Crippen LogP contribution in [0.2, 0.25) is 0 Å². The standard InChI is InChI=1S/C80H59F6O10S3/c1-78(2,3)96-71-33-29-63(46-68(71)81)99(59-21-13-8-14-22-59)65-38-52(35-55(42-65)75(88)91-4)48-24-25-50-34-54-40-61(27-31-69(54)94-72(50)43-48)98(58-19-11-7-12-20-58)64-39-53(36-56(41-64)76(89)92-5)49-26-30-66-73(44-49)95-70-32-28-62(45-67(70)74(66)87)97(57-17-9-6-10-18-57)60-23-15-16-51(37-60)77(90)93-47-79(82,83)80(84,85)86/h6-33,35-46H,34,47H2,1-5H3/q+3. The Bertz CT molecular complexity index is 5180. The first kappa shape index (κ1) is 67.1. The highest BCUT2D eigenvalue weighted by atomic mass is 32.2. The molecule has 0 amide bonds. The number of carbonyl (C=O) groups excluding carboxylic acids is 3. The molecule has 0 spiro atoms. The van der Waals surface area contributed by atoms with Gasteiger partial charge in [-0.05, 0) is 164 Å². The average Bonchev–Trinajstić information content (AvgIpc) is 0.747. The van der Waals surface area contributed by atoms with Crippen LogP contribution in [0.1, 0.15) is 63.0 Å². The summed E-state index contributed by atoms with van der Waals surface area (Å²) in [7, 11) is -0.129. The molecular weight excluding hydrogens is 1330 g/mol. The van der Waals surface area contributed by atoms with Crippen LogP contribution < -0.4 is 14.9 Å². The molecule has 496 valence electrons. The van der Waals surface area contributed by atoms with E-state index in [4.69, 9.17) is 23.4 Å². The van der Waals surface area contributed by atoms with Gasteiger partial charge in [0, 0.05) is 60.5 Å². The van der Waals surface area contributed by atoms with Gasteiger partial charge in [-0.2, -0.15) is 22.0 Å². The second kappa shape index (κ2) is 27.4. The van der Waals surface area contributed by atoms with Crippen LogP contribution in [0.4, 0.5) is 26.3 Å². The first-order chi connectivity index (χ1) is 47.5. The molecule has 1 aliphatic heterocycles. The molecule has 2 heterocycles. The number of alkyl halides is 5. The Morgan fingerprint density at radius 2 is 0.949 bits per heavy atom. The van der Waals surface area contributed by atoms with Crippen LogP contribution in [-0.4, -0.2) is 56.4 Å². The number of ether oxygens (including phenoxy) is 5. The van der Waals surface area contributed by atoms with Crippen molar-refractivity contribution >= 4 is 72.5 Å². The Balaban J connectivity index is 0.818. The molecule has 3 atom stereocenters. The van der Waals surface area contributed by atoms with Gasteiger partial charge >= 0.3 is 30.0 Å².